The molecule has 0 aromatic heterocycles. The van der Waals surface area contributed by atoms with Crippen LogP contribution in [0.4, 0.5) is 4.39 Å². The largest absolute Gasteiger partial charge is 0.491 e. The Hall–Kier alpha value is -1.17. The zero-order valence-corrected chi connectivity index (χ0v) is 11.5. The van der Waals surface area contributed by atoms with Crippen LogP contribution in [0.2, 0.25) is 0 Å². The van der Waals surface area contributed by atoms with Gasteiger partial charge >= 0.3 is 0 Å². The predicted molar refractivity (Wildman–Crippen MR) is 71.8 cm³/mol. The van der Waals surface area contributed by atoms with Gasteiger partial charge in [-0.25, -0.2) is 4.39 Å². The first kappa shape index (κ1) is 15.9. The molecule has 1 unspecified atom stereocenters. The van der Waals surface area contributed by atoms with Crippen LogP contribution in [0, 0.1) is 5.82 Å². The fraction of sp³-hybridized carbons (Fsp3) is 0.571. The minimum absolute atomic E-state index is 0.177. The van der Waals surface area contributed by atoms with Crippen LogP contribution in [-0.2, 0) is 11.3 Å². The number of rotatable bonds is 9. The van der Waals surface area contributed by atoms with E-state index >= 15 is 0 Å². The van der Waals surface area contributed by atoms with Crippen molar-refractivity contribution >= 4 is 0 Å². The van der Waals surface area contributed by atoms with Gasteiger partial charge in [0.05, 0.1) is 12.7 Å². The molecule has 1 aromatic carbocycles. The lowest BCUT2D eigenvalue weighted by atomic mass is 10.2. The van der Waals surface area contributed by atoms with Crippen molar-refractivity contribution in [3.63, 3.8) is 0 Å². The summed E-state index contributed by atoms with van der Waals surface area (Å²) in [6, 6.07) is 4.55. The molecule has 1 rings (SSSR count). The van der Waals surface area contributed by atoms with Crippen molar-refractivity contribution in [2.24, 2.45) is 0 Å². The number of aliphatic hydroxyl groups excluding tert-OH is 1. The van der Waals surface area contributed by atoms with Crippen molar-refractivity contribution < 1.29 is 19.0 Å². The Morgan fingerprint density at radius 1 is 1.37 bits per heavy atom. The zero-order chi connectivity index (χ0) is 14.1. The molecule has 0 saturated carbocycles. The Morgan fingerprint density at radius 2 is 2.16 bits per heavy atom. The second-order valence-corrected chi connectivity index (χ2v) is 4.34. The second kappa shape index (κ2) is 8.85. The summed E-state index contributed by atoms with van der Waals surface area (Å²) < 4.78 is 23.7. The molecule has 1 aromatic rings. The van der Waals surface area contributed by atoms with Crippen LogP contribution in [0.3, 0.4) is 0 Å². The lowest BCUT2D eigenvalue weighted by Crippen LogP contribution is -2.19. The monoisotopic (exact) mass is 271 g/mol. The van der Waals surface area contributed by atoms with E-state index in [4.69, 9.17) is 9.47 Å². The van der Waals surface area contributed by atoms with Crippen molar-refractivity contribution in [2.75, 3.05) is 26.9 Å². The van der Waals surface area contributed by atoms with Gasteiger partial charge in [-0.3, -0.25) is 0 Å². The first-order valence-corrected chi connectivity index (χ1v) is 6.45. The second-order valence-electron chi connectivity index (χ2n) is 4.34. The number of hydrogen-bond donors (Lipinski definition) is 2. The highest BCUT2D eigenvalue weighted by Gasteiger charge is 2.05. The molecule has 4 nitrogen and oxygen atoms in total. The fourth-order valence-corrected chi connectivity index (χ4v) is 1.52. The number of ether oxygens (including phenoxy) is 2. The maximum Gasteiger partial charge on any atom is 0.127 e. The van der Waals surface area contributed by atoms with Crippen molar-refractivity contribution in [3.05, 3.63) is 29.6 Å². The predicted octanol–water partition coefficient (Wildman–Crippen LogP) is 1.71. The van der Waals surface area contributed by atoms with Crippen molar-refractivity contribution in [2.45, 2.75) is 26.0 Å². The molecule has 0 fully saturated rings. The number of hydrogen-bond acceptors (Lipinski definition) is 4. The molecule has 108 valence electrons. The molecular weight excluding hydrogens is 249 g/mol. The van der Waals surface area contributed by atoms with Crippen LogP contribution in [0.1, 0.15) is 18.9 Å². The Morgan fingerprint density at radius 3 is 2.84 bits per heavy atom. The average Bonchev–Trinajstić information content (AvgIpc) is 2.40. The molecule has 0 radical (unpaired) electrons. The Balaban J connectivity index is 2.51. The summed E-state index contributed by atoms with van der Waals surface area (Å²) in [5, 5.41) is 12.5. The van der Waals surface area contributed by atoms with Gasteiger partial charge in [-0.1, -0.05) is 6.92 Å². The molecule has 0 aliphatic heterocycles. The standard InChI is InChI=1S/C14H22FNO3/c1-3-13(17)10-19-14-7-11(6-12(15)8-14)9-16-4-5-18-2/h6-8,13,16-17H,3-5,9-10H2,1-2H3. The third-order valence-electron chi connectivity index (χ3n) is 2.66. The number of methoxy groups -OCH3 is 1. The van der Waals surface area contributed by atoms with E-state index in [0.29, 0.717) is 31.9 Å². The number of nitrogens with one attached hydrogen (secondary N) is 1. The van der Waals surface area contributed by atoms with E-state index in [1.165, 1.54) is 12.1 Å². The smallest absolute Gasteiger partial charge is 0.127 e. The lowest BCUT2D eigenvalue weighted by molar-refractivity contribution is 0.104. The summed E-state index contributed by atoms with van der Waals surface area (Å²) in [5.74, 6) is 0.100. The van der Waals surface area contributed by atoms with Gasteiger partial charge in [-0.15, -0.1) is 0 Å². The summed E-state index contributed by atoms with van der Waals surface area (Å²) in [5.41, 5.74) is 0.803. The average molecular weight is 271 g/mol. The number of benzene rings is 1. The molecule has 2 N–H and O–H groups in total. The van der Waals surface area contributed by atoms with Crippen LogP contribution in [0.5, 0.6) is 5.75 Å². The minimum Gasteiger partial charge on any atom is -0.491 e. The van der Waals surface area contributed by atoms with Crippen LogP contribution in [0.25, 0.3) is 0 Å². The molecule has 1 atom stereocenters. The highest BCUT2D eigenvalue weighted by Crippen LogP contribution is 2.17. The van der Waals surface area contributed by atoms with E-state index < -0.39 is 6.10 Å². The zero-order valence-electron chi connectivity index (χ0n) is 11.5. The first-order valence-electron chi connectivity index (χ1n) is 6.45. The van der Waals surface area contributed by atoms with Gasteiger partial charge in [0, 0.05) is 26.3 Å². The topological polar surface area (TPSA) is 50.7 Å². The first-order chi connectivity index (χ1) is 9.15. The van der Waals surface area contributed by atoms with E-state index in [-0.39, 0.29) is 12.4 Å². The van der Waals surface area contributed by atoms with Gasteiger partial charge in [-0.2, -0.15) is 0 Å². The summed E-state index contributed by atoms with van der Waals surface area (Å²) >= 11 is 0. The van der Waals surface area contributed by atoms with Crippen LogP contribution in [0.15, 0.2) is 18.2 Å². The number of halogens is 1. The molecule has 0 bridgehead atoms. The maximum absolute atomic E-state index is 13.4. The Labute approximate surface area is 113 Å². The van der Waals surface area contributed by atoms with Crippen molar-refractivity contribution in [1.29, 1.82) is 0 Å². The summed E-state index contributed by atoms with van der Waals surface area (Å²) in [4.78, 5) is 0. The van der Waals surface area contributed by atoms with E-state index in [1.807, 2.05) is 6.92 Å². The lowest BCUT2D eigenvalue weighted by Gasteiger charge is -2.12. The molecule has 5 heteroatoms. The molecule has 0 spiro atoms. The third kappa shape index (κ3) is 6.52. The fourth-order valence-electron chi connectivity index (χ4n) is 1.52. The van der Waals surface area contributed by atoms with E-state index in [2.05, 4.69) is 5.32 Å². The highest BCUT2D eigenvalue weighted by atomic mass is 19.1. The molecule has 0 amide bonds. The van der Waals surface area contributed by atoms with Crippen molar-refractivity contribution in [3.8, 4) is 5.75 Å². The van der Waals surface area contributed by atoms with Gasteiger partial charge in [0.15, 0.2) is 0 Å². The molecule has 0 aliphatic carbocycles. The normalized spacial score (nSPS) is 12.4. The van der Waals surface area contributed by atoms with E-state index in [1.54, 1.807) is 13.2 Å². The third-order valence-corrected chi connectivity index (χ3v) is 2.66. The maximum atomic E-state index is 13.4. The van der Waals surface area contributed by atoms with Gasteiger partial charge in [0.2, 0.25) is 0 Å². The van der Waals surface area contributed by atoms with E-state index in [0.717, 1.165) is 5.56 Å². The molecular formula is C14H22FNO3. The molecule has 0 aliphatic rings. The van der Waals surface area contributed by atoms with Crippen LogP contribution >= 0.6 is 0 Å². The Bertz CT molecular complexity index is 374. The number of aliphatic hydroxyl groups is 1. The van der Waals surface area contributed by atoms with Gasteiger partial charge in [0.1, 0.15) is 18.2 Å². The minimum atomic E-state index is -0.522. The summed E-state index contributed by atoms with van der Waals surface area (Å²) in [7, 11) is 1.63. The molecule has 19 heavy (non-hydrogen) atoms. The van der Waals surface area contributed by atoms with Crippen molar-refractivity contribution in [1.82, 2.24) is 5.32 Å². The SMILES string of the molecule is CCC(O)COc1cc(F)cc(CNCCOC)c1. The molecule has 0 heterocycles. The van der Waals surface area contributed by atoms with Crippen LogP contribution in [-0.4, -0.2) is 38.1 Å². The van der Waals surface area contributed by atoms with Gasteiger partial charge in [0.25, 0.3) is 0 Å². The van der Waals surface area contributed by atoms with Gasteiger partial charge < -0.3 is 19.9 Å². The van der Waals surface area contributed by atoms with Gasteiger partial charge in [-0.05, 0) is 24.1 Å². The van der Waals surface area contributed by atoms with Crippen LogP contribution < -0.4 is 10.1 Å². The molecule has 0 saturated heterocycles. The summed E-state index contributed by atoms with van der Waals surface area (Å²) in [6.45, 7) is 3.91. The van der Waals surface area contributed by atoms with E-state index in [9.17, 15) is 9.50 Å². The highest BCUT2D eigenvalue weighted by molar-refractivity contribution is 5.29. The Kier molecular flexibility index (Phi) is 7.40. The summed E-state index contributed by atoms with van der Waals surface area (Å²) in [6.07, 6.45) is 0.0901. The quantitative estimate of drug-likeness (QED) is 0.671.